The Morgan fingerprint density at radius 1 is 1.33 bits per heavy atom. The highest BCUT2D eigenvalue weighted by Crippen LogP contribution is 2.45. The first kappa shape index (κ1) is 13.3. The standard InChI is InChI=1S/C17H24O/c1-12-10-13-8-6-7-9-14(13)17(12,5)15(18)11-16(2,3)4/h6-9,12H,10-11H2,1-5H3. The van der Waals surface area contributed by atoms with Crippen molar-refractivity contribution in [2.45, 2.75) is 52.9 Å². The van der Waals surface area contributed by atoms with E-state index in [0.717, 1.165) is 6.42 Å². The van der Waals surface area contributed by atoms with Gasteiger partial charge in [-0.15, -0.1) is 0 Å². The minimum Gasteiger partial charge on any atom is -0.299 e. The van der Waals surface area contributed by atoms with Gasteiger partial charge in [-0.25, -0.2) is 0 Å². The molecule has 0 aliphatic heterocycles. The summed E-state index contributed by atoms with van der Waals surface area (Å²) in [6.45, 7) is 10.8. The maximum absolute atomic E-state index is 12.8. The highest BCUT2D eigenvalue weighted by atomic mass is 16.1. The van der Waals surface area contributed by atoms with E-state index in [9.17, 15) is 4.79 Å². The molecule has 2 rings (SSSR count). The molecule has 0 spiro atoms. The molecule has 2 unspecified atom stereocenters. The first-order valence-electron chi connectivity index (χ1n) is 6.87. The zero-order valence-corrected chi connectivity index (χ0v) is 12.2. The summed E-state index contributed by atoms with van der Waals surface area (Å²) in [5.41, 5.74) is 2.39. The van der Waals surface area contributed by atoms with Crippen LogP contribution in [0.25, 0.3) is 0 Å². The molecule has 1 aliphatic rings. The molecule has 1 heteroatoms. The normalized spacial score (nSPS) is 27.1. The van der Waals surface area contributed by atoms with Gasteiger partial charge in [0.1, 0.15) is 5.78 Å². The van der Waals surface area contributed by atoms with E-state index in [-0.39, 0.29) is 10.8 Å². The molecule has 0 bridgehead atoms. The molecule has 0 amide bonds. The Labute approximate surface area is 111 Å². The number of hydrogen-bond acceptors (Lipinski definition) is 1. The Morgan fingerprint density at radius 3 is 2.56 bits per heavy atom. The van der Waals surface area contributed by atoms with Crippen molar-refractivity contribution in [2.24, 2.45) is 11.3 Å². The van der Waals surface area contributed by atoms with Crippen molar-refractivity contribution < 1.29 is 4.79 Å². The average Bonchev–Trinajstić information content (AvgIpc) is 2.51. The van der Waals surface area contributed by atoms with Gasteiger partial charge in [-0.1, -0.05) is 52.0 Å². The topological polar surface area (TPSA) is 17.1 Å². The summed E-state index contributed by atoms with van der Waals surface area (Å²) >= 11 is 0. The summed E-state index contributed by atoms with van der Waals surface area (Å²) in [6.07, 6.45) is 1.69. The van der Waals surface area contributed by atoms with E-state index in [1.54, 1.807) is 0 Å². The number of Topliss-reactive ketones (excluding diaryl/α,β-unsaturated/α-hetero) is 1. The maximum Gasteiger partial charge on any atom is 0.143 e. The van der Waals surface area contributed by atoms with Gasteiger partial charge in [0.25, 0.3) is 0 Å². The highest BCUT2D eigenvalue weighted by Gasteiger charge is 2.46. The van der Waals surface area contributed by atoms with Crippen LogP contribution in [0.4, 0.5) is 0 Å². The van der Waals surface area contributed by atoms with Crippen molar-refractivity contribution in [3.8, 4) is 0 Å². The summed E-state index contributed by atoms with van der Waals surface area (Å²) in [5.74, 6) is 0.803. The lowest BCUT2D eigenvalue weighted by molar-refractivity contribution is -0.127. The fourth-order valence-electron chi connectivity index (χ4n) is 3.09. The molecule has 0 N–H and O–H groups in total. The van der Waals surface area contributed by atoms with Crippen molar-refractivity contribution >= 4 is 5.78 Å². The van der Waals surface area contributed by atoms with Crippen molar-refractivity contribution in [2.75, 3.05) is 0 Å². The van der Waals surface area contributed by atoms with Crippen LogP contribution in [0, 0.1) is 11.3 Å². The minimum absolute atomic E-state index is 0.0668. The summed E-state index contributed by atoms with van der Waals surface area (Å²) < 4.78 is 0. The fourth-order valence-corrected chi connectivity index (χ4v) is 3.09. The number of carbonyl (C=O) groups is 1. The highest BCUT2D eigenvalue weighted by molar-refractivity contribution is 5.91. The van der Waals surface area contributed by atoms with Gasteiger partial charge in [-0.05, 0) is 35.8 Å². The molecule has 0 heterocycles. The van der Waals surface area contributed by atoms with Gasteiger partial charge in [0.2, 0.25) is 0 Å². The number of ketones is 1. The van der Waals surface area contributed by atoms with Gasteiger partial charge < -0.3 is 0 Å². The maximum atomic E-state index is 12.8. The van der Waals surface area contributed by atoms with Crippen LogP contribution in [-0.4, -0.2) is 5.78 Å². The molecule has 1 nitrogen and oxygen atoms in total. The summed E-state index contributed by atoms with van der Waals surface area (Å²) in [4.78, 5) is 12.8. The van der Waals surface area contributed by atoms with Crippen LogP contribution in [0.3, 0.4) is 0 Å². The molecule has 0 radical (unpaired) electrons. The zero-order valence-electron chi connectivity index (χ0n) is 12.2. The Hall–Kier alpha value is -1.11. The molecule has 0 saturated heterocycles. The van der Waals surface area contributed by atoms with Crippen LogP contribution in [0.1, 0.15) is 52.2 Å². The second kappa shape index (κ2) is 4.22. The third kappa shape index (κ3) is 2.11. The van der Waals surface area contributed by atoms with Crippen LogP contribution >= 0.6 is 0 Å². The average molecular weight is 244 g/mol. The molecular formula is C17H24O. The van der Waals surface area contributed by atoms with Gasteiger partial charge in [0, 0.05) is 6.42 Å². The zero-order chi connectivity index (χ0) is 13.6. The van der Waals surface area contributed by atoms with Crippen molar-refractivity contribution in [1.29, 1.82) is 0 Å². The number of fused-ring (bicyclic) bond motifs is 1. The van der Waals surface area contributed by atoms with E-state index in [1.807, 2.05) is 0 Å². The van der Waals surface area contributed by atoms with Crippen LogP contribution in [0.15, 0.2) is 24.3 Å². The lowest BCUT2D eigenvalue weighted by Gasteiger charge is -2.32. The minimum atomic E-state index is -0.288. The molecule has 18 heavy (non-hydrogen) atoms. The van der Waals surface area contributed by atoms with Crippen molar-refractivity contribution in [3.63, 3.8) is 0 Å². The van der Waals surface area contributed by atoms with Gasteiger partial charge in [-0.2, -0.15) is 0 Å². The van der Waals surface area contributed by atoms with Crippen LogP contribution in [-0.2, 0) is 16.6 Å². The second-order valence-electron chi connectivity index (χ2n) is 7.13. The number of hydrogen-bond donors (Lipinski definition) is 0. The molecule has 1 aromatic carbocycles. The molecule has 1 aliphatic carbocycles. The third-order valence-corrected chi connectivity index (χ3v) is 4.36. The second-order valence-corrected chi connectivity index (χ2v) is 7.13. The molecular weight excluding hydrogens is 220 g/mol. The quantitative estimate of drug-likeness (QED) is 0.764. The molecule has 2 atom stereocenters. The summed E-state index contributed by atoms with van der Waals surface area (Å²) in [5, 5.41) is 0. The Balaban J connectivity index is 2.39. The molecule has 0 aromatic heterocycles. The van der Waals surface area contributed by atoms with E-state index in [2.05, 4.69) is 58.9 Å². The molecule has 0 saturated carbocycles. The number of carbonyl (C=O) groups excluding carboxylic acids is 1. The fraction of sp³-hybridized carbons (Fsp3) is 0.588. The largest absolute Gasteiger partial charge is 0.299 e. The monoisotopic (exact) mass is 244 g/mol. The van der Waals surface area contributed by atoms with Crippen LogP contribution in [0.2, 0.25) is 0 Å². The van der Waals surface area contributed by atoms with Crippen molar-refractivity contribution in [3.05, 3.63) is 35.4 Å². The third-order valence-electron chi connectivity index (χ3n) is 4.36. The number of rotatable bonds is 2. The predicted molar refractivity (Wildman–Crippen MR) is 75.7 cm³/mol. The Kier molecular flexibility index (Phi) is 3.12. The first-order chi connectivity index (χ1) is 8.25. The van der Waals surface area contributed by atoms with Gasteiger partial charge in [0.05, 0.1) is 5.41 Å². The van der Waals surface area contributed by atoms with E-state index >= 15 is 0 Å². The Morgan fingerprint density at radius 2 is 1.94 bits per heavy atom. The van der Waals surface area contributed by atoms with Gasteiger partial charge in [0.15, 0.2) is 0 Å². The molecule has 1 aromatic rings. The van der Waals surface area contributed by atoms with E-state index in [4.69, 9.17) is 0 Å². The lowest BCUT2D eigenvalue weighted by Crippen LogP contribution is -2.38. The van der Waals surface area contributed by atoms with Crippen LogP contribution in [0.5, 0.6) is 0 Å². The molecule has 0 fully saturated rings. The lowest BCUT2D eigenvalue weighted by atomic mass is 9.70. The SMILES string of the molecule is CC1Cc2ccccc2C1(C)C(=O)CC(C)(C)C. The van der Waals surface area contributed by atoms with Crippen molar-refractivity contribution in [1.82, 2.24) is 0 Å². The molecule has 98 valence electrons. The Bertz CT molecular complexity index is 467. The number of benzene rings is 1. The van der Waals surface area contributed by atoms with Gasteiger partial charge >= 0.3 is 0 Å². The van der Waals surface area contributed by atoms with Gasteiger partial charge in [-0.3, -0.25) is 4.79 Å². The van der Waals surface area contributed by atoms with Crippen LogP contribution < -0.4 is 0 Å². The van der Waals surface area contributed by atoms with E-state index in [0.29, 0.717) is 18.1 Å². The predicted octanol–water partition coefficient (Wildman–Crippen LogP) is 4.14. The van der Waals surface area contributed by atoms with E-state index < -0.39 is 0 Å². The smallest absolute Gasteiger partial charge is 0.143 e. The summed E-state index contributed by atoms with van der Waals surface area (Å²) in [6, 6.07) is 8.44. The summed E-state index contributed by atoms with van der Waals surface area (Å²) in [7, 11) is 0. The first-order valence-corrected chi connectivity index (χ1v) is 6.87. The van der Waals surface area contributed by atoms with E-state index in [1.165, 1.54) is 11.1 Å².